The maximum Gasteiger partial charge on any atom is 0.243 e. The highest BCUT2D eigenvalue weighted by molar-refractivity contribution is 7.89. The number of aliphatic hydroxyl groups excluding tert-OH is 1. The lowest BCUT2D eigenvalue weighted by atomic mass is 10.0. The Kier molecular flexibility index (Phi) is 3.69. The van der Waals surface area contributed by atoms with E-state index < -0.39 is 16.1 Å². The van der Waals surface area contributed by atoms with Crippen molar-refractivity contribution in [1.82, 2.24) is 9.29 Å². The highest BCUT2D eigenvalue weighted by Gasteiger charge is 2.35. The average Bonchev–Trinajstić information content (AvgIpc) is 2.97. The van der Waals surface area contributed by atoms with Gasteiger partial charge in [-0.15, -0.1) is 0 Å². The van der Waals surface area contributed by atoms with Gasteiger partial charge in [0.15, 0.2) is 0 Å². The summed E-state index contributed by atoms with van der Waals surface area (Å²) in [6.07, 6.45) is 3.48. The van der Waals surface area contributed by atoms with Crippen LogP contribution in [0, 0.1) is 5.92 Å². The van der Waals surface area contributed by atoms with Gasteiger partial charge < -0.3 is 5.11 Å². The molecule has 6 heteroatoms. The third-order valence-corrected chi connectivity index (χ3v) is 6.05. The summed E-state index contributed by atoms with van der Waals surface area (Å²) in [6.45, 7) is 2.55. The number of aliphatic hydroxyl groups is 1. The predicted octanol–water partition coefficient (Wildman–Crippen LogP) is 1.63. The Balaban J connectivity index is 2.02. The van der Waals surface area contributed by atoms with E-state index in [1.165, 1.54) is 4.31 Å². The first-order valence-corrected chi connectivity index (χ1v) is 8.45. The van der Waals surface area contributed by atoms with Gasteiger partial charge in [-0.05, 0) is 31.4 Å². The van der Waals surface area contributed by atoms with Gasteiger partial charge in [0.25, 0.3) is 0 Å². The van der Waals surface area contributed by atoms with Crippen LogP contribution in [0.4, 0.5) is 0 Å². The molecular formula is C15H18N2O3S. The SMILES string of the molecule is CC(O)C1CCN(S(=O)(=O)c2cccc3cnccc23)C1. The first-order valence-electron chi connectivity index (χ1n) is 7.01. The van der Waals surface area contributed by atoms with Crippen molar-refractivity contribution in [2.45, 2.75) is 24.3 Å². The summed E-state index contributed by atoms with van der Waals surface area (Å²) < 4.78 is 27.2. The van der Waals surface area contributed by atoms with E-state index >= 15 is 0 Å². The lowest BCUT2D eigenvalue weighted by Gasteiger charge is -2.18. The minimum Gasteiger partial charge on any atom is -0.393 e. The van der Waals surface area contributed by atoms with Gasteiger partial charge >= 0.3 is 0 Å². The van der Waals surface area contributed by atoms with Crippen LogP contribution in [-0.2, 0) is 10.0 Å². The molecule has 3 rings (SSSR count). The highest BCUT2D eigenvalue weighted by Crippen LogP contribution is 2.29. The zero-order valence-electron chi connectivity index (χ0n) is 11.8. The first kappa shape index (κ1) is 14.4. The quantitative estimate of drug-likeness (QED) is 0.935. The molecule has 0 bridgehead atoms. The summed E-state index contributed by atoms with van der Waals surface area (Å²) in [4.78, 5) is 4.34. The average molecular weight is 306 g/mol. The lowest BCUT2D eigenvalue weighted by Crippen LogP contribution is -2.30. The lowest BCUT2D eigenvalue weighted by molar-refractivity contribution is 0.133. The van der Waals surface area contributed by atoms with E-state index in [1.807, 2.05) is 6.07 Å². The summed E-state index contributed by atoms with van der Waals surface area (Å²) in [7, 11) is -3.54. The predicted molar refractivity (Wildman–Crippen MR) is 80.3 cm³/mol. The van der Waals surface area contributed by atoms with Crippen LogP contribution in [0.25, 0.3) is 10.8 Å². The van der Waals surface area contributed by atoms with Gasteiger partial charge in [0.2, 0.25) is 10.0 Å². The fourth-order valence-corrected chi connectivity index (χ4v) is 4.55. The Bertz CT molecular complexity index is 753. The van der Waals surface area contributed by atoms with E-state index in [2.05, 4.69) is 4.98 Å². The monoisotopic (exact) mass is 306 g/mol. The number of rotatable bonds is 3. The molecule has 0 radical (unpaired) electrons. The van der Waals surface area contributed by atoms with Crippen LogP contribution in [0.5, 0.6) is 0 Å². The molecule has 112 valence electrons. The Morgan fingerprint density at radius 2 is 2.19 bits per heavy atom. The third kappa shape index (κ3) is 2.54. The van der Waals surface area contributed by atoms with E-state index in [4.69, 9.17) is 0 Å². The summed E-state index contributed by atoms with van der Waals surface area (Å²) >= 11 is 0. The van der Waals surface area contributed by atoms with Crippen LogP contribution in [0.15, 0.2) is 41.6 Å². The second kappa shape index (κ2) is 5.36. The molecule has 0 saturated carbocycles. The first-order chi connectivity index (χ1) is 10.00. The van der Waals surface area contributed by atoms with Gasteiger partial charge in [0, 0.05) is 36.3 Å². The minimum absolute atomic E-state index is 0.0106. The molecular weight excluding hydrogens is 288 g/mol. The summed E-state index contributed by atoms with van der Waals surface area (Å²) in [5, 5.41) is 11.1. The molecule has 2 heterocycles. The molecule has 0 amide bonds. The molecule has 0 aliphatic carbocycles. The molecule has 1 aliphatic heterocycles. The molecule has 21 heavy (non-hydrogen) atoms. The second-order valence-corrected chi connectivity index (χ2v) is 7.41. The van der Waals surface area contributed by atoms with E-state index in [-0.39, 0.29) is 5.92 Å². The van der Waals surface area contributed by atoms with E-state index in [0.717, 1.165) is 5.39 Å². The molecule has 1 fully saturated rings. The van der Waals surface area contributed by atoms with Crippen molar-refractivity contribution in [3.05, 3.63) is 36.7 Å². The number of hydrogen-bond donors (Lipinski definition) is 1. The van der Waals surface area contributed by atoms with Gasteiger partial charge in [-0.25, -0.2) is 8.42 Å². The third-order valence-electron chi connectivity index (χ3n) is 4.13. The van der Waals surface area contributed by atoms with Crippen LogP contribution in [0.3, 0.4) is 0 Å². The molecule has 1 N–H and O–H groups in total. The highest BCUT2D eigenvalue weighted by atomic mass is 32.2. The maximum atomic E-state index is 12.8. The summed E-state index contributed by atoms with van der Waals surface area (Å²) in [5.74, 6) is 0.0106. The van der Waals surface area contributed by atoms with Crippen molar-refractivity contribution in [1.29, 1.82) is 0 Å². The van der Waals surface area contributed by atoms with Gasteiger partial charge in [0.1, 0.15) is 0 Å². The van der Waals surface area contributed by atoms with Crippen molar-refractivity contribution in [2.24, 2.45) is 5.92 Å². The largest absolute Gasteiger partial charge is 0.393 e. The Morgan fingerprint density at radius 1 is 1.38 bits per heavy atom. The number of pyridine rings is 1. The van der Waals surface area contributed by atoms with Gasteiger partial charge in [0.05, 0.1) is 11.0 Å². The normalized spacial score (nSPS) is 21.7. The summed E-state index contributed by atoms with van der Waals surface area (Å²) in [5.41, 5.74) is 0. The molecule has 1 aliphatic rings. The summed E-state index contributed by atoms with van der Waals surface area (Å²) in [6, 6.07) is 6.95. The van der Waals surface area contributed by atoms with Crippen molar-refractivity contribution in [3.63, 3.8) is 0 Å². The van der Waals surface area contributed by atoms with Crippen LogP contribution in [0.2, 0.25) is 0 Å². The zero-order chi connectivity index (χ0) is 15.0. The molecule has 1 aromatic heterocycles. The fourth-order valence-electron chi connectivity index (χ4n) is 2.82. The molecule has 1 saturated heterocycles. The van der Waals surface area contributed by atoms with Crippen LogP contribution < -0.4 is 0 Å². The number of nitrogens with zero attached hydrogens (tertiary/aromatic N) is 2. The zero-order valence-corrected chi connectivity index (χ0v) is 12.6. The van der Waals surface area contributed by atoms with E-state index in [0.29, 0.717) is 29.8 Å². The topological polar surface area (TPSA) is 70.5 Å². The van der Waals surface area contributed by atoms with E-state index in [9.17, 15) is 13.5 Å². The van der Waals surface area contributed by atoms with Gasteiger partial charge in [-0.1, -0.05) is 12.1 Å². The van der Waals surface area contributed by atoms with Crippen LogP contribution in [-0.4, -0.2) is 42.0 Å². The van der Waals surface area contributed by atoms with Gasteiger partial charge in [-0.3, -0.25) is 4.98 Å². The minimum atomic E-state index is -3.54. The van der Waals surface area contributed by atoms with Crippen LogP contribution >= 0.6 is 0 Å². The number of benzene rings is 1. The van der Waals surface area contributed by atoms with E-state index in [1.54, 1.807) is 37.5 Å². The number of hydrogen-bond acceptors (Lipinski definition) is 4. The molecule has 2 unspecified atom stereocenters. The fraction of sp³-hybridized carbons (Fsp3) is 0.400. The molecule has 5 nitrogen and oxygen atoms in total. The smallest absolute Gasteiger partial charge is 0.243 e. The Labute approximate surface area is 124 Å². The molecule has 0 spiro atoms. The standard InChI is InChI=1S/C15H18N2O3S/c1-11(18)13-6-8-17(10-13)21(19,20)15-4-2-3-12-9-16-7-5-14(12)15/h2-5,7,9,11,13,18H,6,8,10H2,1H3. The Morgan fingerprint density at radius 3 is 2.90 bits per heavy atom. The molecule has 2 aromatic rings. The molecule has 1 aromatic carbocycles. The number of sulfonamides is 1. The van der Waals surface area contributed by atoms with Crippen molar-refractivity contribution < 1.29 is 13.5 Å². The maximum absolute atomic E-state index is 12.8. The molecule has 2 atom stereocenters. The number of aromatic nitrogens is 1. The van der Waals surface area contributed by atoms with Crippen molar-refractivity contribution >= 4 is 20.8 Å². The Hall–Kier alpha value is -1.50. The van der Waals surface area contributed by atoms with Crippen molar-refractivity contribution in [3.8, 4) is 0 Å². The van der Waals surface area contributed by atoms with Crippen molar-refractivity contribution in [2.75, 3.05) is 13.1 Å². The number of fused-ring (bicyclic) bond motifs is 1. The second-order valence-electron chi connectivity index (χ2n) is 5.51. The van der Waals surface area contributed by atoms with Crippen LogP contribution in [0.1, 0.15) is 13.3 Å². The van der Waals surface area contributed by atoms with Gasteiger partial charge in [-0.2, -0.15) is 4.31 Å².